The topological polar surface area (TPSA) is 90.4 Å². The lowest BCUT2D eigenvalue weighted by Crippen LogP contribution is -2.10. The Hall–Kier alpha value is -3.29. The predicted molar refractivity (Wildman–Crippen MR) is 113 cm³/mol. The van der Waals surface area contributed by atoms with Gasteiger partial charge in [0.2, 0.25) is 17.6 Å². The van der Waals surface area contributed by atoms with E-state index in [0.29, 0.717) is 46.8 Å². The van der Waals surface area contributed by atoms with Gasteiger partial charge in [-0.25, -0.2) is 9.97 Å². The molecule has 0 saturated heterocycles. The van der Waals surface area contributed by atoms with Crippen molar-refractivity contribution in [2.24, 2.45) is 5.92 Å². The summed E-state index contributed by atoms with van der Waals surface area (Å²) in [6.07, 6.45) is 8.91. The third kappa shape index (κ3) is 4.77. The summed E-state index contributed by atoms with van der Waals surface area (Å²) in [5, 5.41) is 6.55. The summed E-state index contributed by atoms with van der Waals surface area (Å²) >= 11 is 0. The number of ether oxygens (including phenoxy) is 3. The van der Waals surface area contributed by atoms with Crippen molar-refractivity contribution in [3.8, 4) is 17.2 Å². The molecule has 0 spiro atoms. The van der Waals surface area contributed by atoms with Crippen LogP contribution in [0, 0.1) is 5.92 Å². The number of methoxy groups -OCH3 is 3. The molecule has 8 heteroatoms. The highest BCUT2D eigenvalue weighted by Gasteiger charge is 2.39. The maximum absolute atomic E-state index is 5.39. The van der Waals surface area contributed by atoms with Gasteiger partial charge in [0.25, 0.3) is 0 Å². The van der Waals surface area contributed by atoms with Gasteiger partial charge in [-0.05, 0) is 25.8 Å². The fourth-order valence-corrected chi connectivity index (χ4v) is 3.22. The highest BCUT2D eigenvalue weighted by molar-refractivity contribution is 5.65. The van der Waals surface area contributed by atoms with E-state index >= 15 is 0 Å². The first-order valence-corrected chi connectivity index (χ1v) is 9.45. The summed E-state index contributed by atoms with van der Waals surface area (Å²) in [7, 11) is 4.72. The fraction of sp³-hybridized carbons (Fsp3) is 0.381. The van der Waals surface area contributed by atoms with E-state index in [9.17, 15) is 0 Å². The van der Waals surface area contributed by atoms with Crippen LogP contribution in [0.1, 0.15) is 20.3 Å². The second-order valence-electron chi connectivity index (χ2n) is 6.55. The summed E-state index contributed by atoms with van der Waals surface area (Å²) in [4.78, 5) is 12.9. The van der Waals surface area contributed by atoms with E-state index in [1.165, 1.54) is 11.9 Å². The van der Waals surface area contributed by atoms with Crippen LogP contribution in [0.15, 0.2) is 42.3 Å². The van der Waals surface area contributed by atoms with Gasteiger partial charge in [-0.3, -0.25) is 0 Å². The summed E-state index contributed by atoms with van der Waals surface area (Å²) < 4.78 is 16.1. The zero-order chi connectivity index (χ0) is 20.8. The van der Waals surface area contributed by atoms with E-state index in [1.54, 1.807) is 33.5 Å². The molecule has 3 rings (SSSR count). The van der Waals surface area contributed by atoms with Gasteiger partial charge in [-0.15, -0.1) is 0 Å². The molecule has 1 heterocycles. The van der Waals surface area contributed by atoms with Crippen LogP contribution in [0.5, 0.6) is 17.2 Å². The quantitative estimate of drug-likeness (QED) is 0.615. The second-order valence-corrected chi connectivity index (χ2v) is 6.55. The molecule has 154 valence electrons. The van der Waals surface area contributed by atoms with Gasteiger partial charge in [-0.1, -0.05) is 18.2 Å². The zero-order valence-corrected chi connectivity index (χ0v) is 17.4. The number of benzene rings is 1. The first-order valence-electron chi connectivity index (χ1n) is 9.45. The molecule has 8 nitrogen and oxygen atoms in total. The minimum absolute atomic E-state index is 0.328. The fourth-order valence-electron chi connectivity index (χ4n) is 3.22. The molecule has 0 amide bonds. The highest BCUT2D eigenvalue weighted by Crippen LogP contribution is 2.41. The number of allylic oxidation sites excluding steroid dienone is 3. The molecule has 2 aromatic rings. The van der Waals surface area contributed by atoms with Gasteiger partial charge in [-0.2, -0.15) is 4.98 Å². The van der Waals surface area contributed by atoms with Crippen molar-refractivity contribution >= 4 is 17.6 Å². The van der Waals surface area contributed by atoms with Crippen molar-refractivity contribution in [2.75, 3.05) is 32.0 Å². The molecule has 1 saturated carbocycles. The summed E-state index contributed by atoms with van der Waals surface area (Å²) in [5.41, 5.74) is 2.04. The van der Waals surface area contributed by atoms with E-state index < -0.39 is 0 Å². The van der Waals surface area contributed by atoms with Crippen LogP contribution < -0.4 is 24.8 Å². The van der Waals surface area contributed by atoms with Gasteiger partial charge in [0.05, 0.1) is 21.3 Å². The smallest absolute Gasteiger partial charge is 0.231 e. The van der Waals surface area contributed by atoms with Crippen molar-refractivity contribution in [3.05, 3.63) is 42.3 Å². The first-order chi connectivity index (χ1) is 14.1. The normalized spacial score (nSPS) is 18.4. The Labute approximate surface area is 171 Å². The summed E-state index contributed by atoms with van der Waals surface area (Å²) in [5.74, 6) is 3.07. The standard InChI is InChI=1S/C21H27N5O3/c1-6-8-13(7-2)15-11-16(15)25-21-23-12-22-20(26-21)24-14-9-17(27-3)19(29-5)18(10-14)28-4/h6-10,12,15-16H,11H2,1-5H3,(H2,22,23,24,25,26)/b8-6-,13-7+. The number of nitrogens with one attached hydrogen (secondary N) is 2. The molecule has 2 N–H and O–H groups in total. The average molecular weight is 397 g/mol. The molecular weight excluding hydrogens is 370 g/mol. The number of nitrogens with zero attached hydrogens (tertiary/aromatic N) is 3. The van der Waals surface area contributed by atoms with E-state index in [4.69, 9.17) is 14.2 Å². The lowest BCUT2D eigenvalue weighted by atomic mass is 10.1. The minimum Gasteiger partial charge on any atom is -0.493 e. The maximum atomic E-state index is 5.39. The predicted octanol–water partition coefficient (Wildman–Crippen LogP) is 3.96. The lowest BCUT2D eigenvalue weighted by molar-refractivity contribution is 0.324. The first kappa shape index (κ1) is 20.4. The van der Waals surface area contributed by atoms with Crippen molar-refractivity contribution in [1.82, 2.24) is 15.0 Å². The van der Waals surface area contributed by atoms with Crippen LogP contribution in [-0.4, -0.2) is 42.3 Å². The molecule has 2 unspecified atom stereocenters. The SMILES string of the molecule is C/C=C\C(=C/C)C1CC1Nc1ncnc(Nc2cc(OC)c(OC)c(OC)c2)n1. The van der Waals surface area contributed by atoms with Gasteiger partial charge in [0.15, 0.2) is 11.5 Å². The Bertz CT molecular complexity index is 888. The third-order valence-electron chi connectivity index (χ3n) is 4.72. The van der Waals surface area contributed by atoms with Crippen molar-refractivity contribution in [2.45, 2.75) is 26.3 Å². The Morgan fingerprint density at radius 1 is 1.03 bits per heavy atom. The number of hydrogen-bond donors (Lipinski definition) is 2. The second kappa shape index (κ2) is 9.27. The molecule has 1 aromatic carbocycles. The van der Waals surface area contributed by atoms with Crippen LogP contribution in [0.25, 0.3) is 0 Å². The van der Waals surface area contributed by atoms with Crippen LogP contribution in [0.2, 0.25) is 0 Å². The van der Waals surface area contributed by atoms with Crippen LogP contribution >= 0.6 is 0 Å². The monoisotopic (exact) mass is 397 g/mol. The third-order valence-corrected chi connectivity index (χ3v) is 4.72. The Morgan fingerprint density at radius 2 is 1.72 bits per heavy atom. The number of hydrogen-bond acceptors (Lipinski definition) is 8. The lowest BCUT2D eigenvalue weighted by Gasteiger charge is -2.14. The number of rotatable bonds is 9. The molecule has 0 radical (unpaired) electrons. The molecule has 29 heavy (non-hydrogen) atoms. The highest BCUT2D eigenvalue weighted by atomic mass is 16.5. The van der Waals surface area contributed by atoms with E-state index in [1.807, 2.05) is 6.92 Å². The summed E-state index contributed by atoms with van der Waals surface area (Å²) in [6, 6.07) is 3.92. The van der Waals surface area contributed by atoms with Crippen LogP contribution in [0.3, 0.4) is 0 Å². The Balaban J connectivity index is 1.73. The molecule has 1 aliphatic carbocycles. The largest absolute Gasteiger partial charge is 0.493 e. The van der Waals surface area contributed by atoms with Gasteiger partial charge < -0.3 is 24.8 Å². The minimum atomic E-state index is 0.328. The average Bonchev–Trinajstić information content (AvgIpc) is 3.50. The van der Waals surface area contributed by atoms with Crippen LogP contribution in [-0.2, 0) is 0 Å². The zero-order valence-electron chi connectivity index (χ0n) is 17.4. The van der Waals surface area contributed by atoms with Gasteiger partial charge >= 0.3 is 0 Å². The van der Waals surface area contributed by atoms with Crippen LogP contribution in [0.4, 0.5) is 17.6 Å². The molecule has 2 atom stereocenters. The van der Waals surface area contributed by atoms with Crippen molar-refractivity contribution < 1.29 is 14.2 Å². The van der Waals surface area contributed by atoms with E-state index in [-0.39, 0.29) is 0 Å². The number of anilines is 3. The maximum Gasteiger partial charge on any atom is 0.231 e. The molecule has 0 bridgehead atoms. The molecule has 0 aliphatic heterocycles. The molecule has 1 aliphatic rings. The van der Waals surface area contributed by atoms with Crippen molar-refractivity contribution in [1.29, 1.82) is 0 Å². The van der Waals surface area contributed by atoms with Gasteiger partial charge in [0, 0.05) is 29.8 Å². The molecular formula is C21H27N5O3. The Kier molecular flexibility index (Phi) is 6.54. The van der Waals surface area contributed by atoms with E-state index in [2.05, 4.69) is 50.7 Å². The van der Waals surface area contributed by atoms with E-state index in [0.717, 1.165) is 6.42 Å². The molecule has 1 aromatic heterocycles. The summed E-state index contributed by atoms with van der Waals surface area (Å²) in [6.45, 7) is 4.09. The molecule has 1 fully saturated rings. The number of aromatic nitrogens is 3. The van der Waals surface area contributed by atoms with Gasteiger partial charge in [0.1, 0.15) is 6.33 Å². The van der Waals surface area contributed by atoms with Crippen molar-refractivity contribution in [3.63, 3.8) is 0 Å². The Morgan fingerprint density at radius 3 is 2.31 bits per heavy atom.